The van der Waals surface area contributed by atoms with Gasteiger partial charge in [0.1, 0.15) is 0 Å². The number of halogens is 1. The van der Waals surface area contributed by atoms with Crippen molar-refractivity contribution in [3.63, 3.8) is 0 Å². The summed E-state index contributed by atoms with van der Waals surface area (Å²) in [7, 11) is 0. The van der Waals surface area contributed by atoms with Gasteiger partial charge in [0.15, 0.2) is 4.32 Å². The molecule has 0 N–H and O–H groups in total. The van der Waals surface area contributed by atoms with Crippen molar-refractivity contribution in [2.45, 2.75) is 0 Å². The van der Waals surface area contributed by atoms with Crippen LogP contribution in [-0.2, 0) is 4.79 Å². The first-order chi connectivity index (χ1) is 7.66. The molecule has 1 heterocycles. The predicted octanol–water partition coefficient (Wildman–Crippen LogP) is 2.53. The van der Waals surface area contributed by atoms with Crippen LogP contribution in [0.3, 0.4) is 0 Å². The summed E-state index contributed by atoms with van der Waals surface area (Å²) in [6.45, 7) is 0. The number of amides is 1. The number of thiocarbonyl (C=S) groups is 1. The van der Waals surface area contributed by atoms with Crippen molar-refractivity contribution in [1.29, 1.82) is 0 Å². The number of hydrogen-bond donors (Lipinski definition) is 0. The van der Waals surface area contributed by atoms with E-state index < -0.39 is 0 Å². The Bertz CT molecular complexity index is 442. The first-order valence-electron chi connectivity index (χ1n) is 4.46. The van der Waals surface area contributed by atoms with Crippen LogP contribution in [0.1, 0.15) is 5.56 Å². The van der Waals surface area contributed by atoms with Gasteiger partial charge in [0, 0.05) is 5.02 Å². The van der Waals surface area contributed by atoms with Crippen LogP contribution in [0.4, 0.5) is 0 Å². The average Bonchev–Trinajstić information content (AvgIpc) is 2.59. The monoisotopic (exact) mass is 270 g/mol. The van der Waals surface area contributed by atoms with Gasteiger partial charge in [-0.2, -0.15) is 10.1 Å². The normalized spacial score (nSPS) is 16.4. The van der Waals surface area contributed by atoms with Crippen molar-refractivity contribution >= 4 is 52.0 Å². The lowest BCUT2D eigenvalue weighted by atomic mass is 10.2. The molecule has 3 nitrogen and oxygen atoms in total. The average molecular weight is 271 g/mol. The summed E-state index contributed by atoms with van der Waals surface area (Å²) in [4.78, 5) is 11.3. The number of benzene rings is 1. The highest BCUT2D eigenvalue weighted by Gasteiger charge is 2.25. The zero-order valence-corrected chi connectivity index (χ0v) is 10.5. The van der Waals surface area contributed by atoms with Crippen molar-refractivity contribution in [3.8, 4) is 0 Å². The topological polar surface area (TPSA) is 32.7 Å². The van der Waals surface area contributed by atoms with Gasteiger partial charge >= 0.3 is 0 Å². The molecule has 0 saturated carbocycles. The van der Waals surface area contributed by atoms with Gasteiger partial charge in [-0.1, -0.05) is 47.7 Å². The van der Waals surface area contributed by atoms with Crippen LogP contribution in [-0.4, -0.2) is 27.2 Å². The maximum absolute atomic E-state index is 11.3. The summed E-state index contributed by atoms with van der Waals surface area (Å²) in [5.74, 6) is 0.289. The van der Waals surface area contributed by atoms with E-state index in [4.69, 9.17) is 23.8 Å². The van der Waals surface area contributed by atoms with Gasteiger partial charge in [-0.05, 0) is 17.7 Å². The quantitative estimate of drug-likeness (QED) is 0.612. The Morgan fingerprint density at radius 1 is 1.44 bits per heavy atom. The minimum Gasteiger partial charge on any atom is -0.272 e. The van der Waals surface area contributed by atoms with Gasteiger partial charge in [0.2, 0.25) is 0 Å². The molecule has 1 aromatic rings. The van der Waals surface area contributed by atoms with Crippen LogP contribution in [0.15, 0.2) is 29.4 Å². The molecule has 1 aromatic carbocycles. The van der Waals surface area contributed by atoms with Gasteiger partial charge < -0.3 is 0 Å². The molecule has 1 fully saturated rings. The van der Waals surface area contributed by atoms with E-state index in [1.807, 2.05) is 12.1 Å². The number of hydrogen-bond acceptors (Lipinski definition) is 4. The summed E-state index contributed by atoms with van der Waals surface area (Å²) >= 11 is 12.1. The van der Waals surface area contributed by atoms with Crippen molar-refractivity contribution in [2.75, 3.05) is 5.75 Å². The fourth-order valence-electron chi connectivity index (χ4n) is 1.13. The van der Waals surface area contributed by atoms with Crippen LogP contribution in [0, 0.1) is 0 Å². The number of carbonyl (C=O) groups is 1. The zero-order chi connectivity index (χ0) is 11.5. The minimum absolute atomic E-state index is 0.0831. The Labute approximate surface area is 107 Å². The molecule has 6 heteroatoms. The molecule has 0 bridgehead atoms. The second kappa shape index (κ2) is 4.95. The molecule has 1 amide bonds. The molecule has 1 saturated heterocycles. The van der Waals surface area contributed by atoms with Gasteiger partial charge in [0.25, 0.3) is 5.91 Å². The van der Waals surface area contributed by atoms with E-state index in [1.54, 1.807) is 18.3 Å². The third-order valence-corrected chi connectivity index (χ3v) is 3.51. The largest absolute Gasteiger partial charge is 0.272 e. The van der Waals surface area contributed by atoms with E-state index in [0.29, 0.717) is 15.1 Å². The van der Waals surface area contributed by atoms with E-state index in [2.05, 4.69) is 5.10 Å². The Hall–Kier alpha value is -0.910. The first-order valence-corrected chi connectivity index (χ1v) is 6.23. The molecule has 0 radical (unpaired) electrons. The number of nitrogens with zero attached hydrogens (tertiary/aromatic N) is 2. The Morgan fingerprint density at radius 2 is 2.12 bits per heavy atom. The van der Waals surface area contributed by atoms with Crippen LogP contribution in [0.5, 0.6) is 0 Å². The van der Waals surface area contributed by atoms with Crippen molar-refractivity contribution < 1.29 is 4.79 Å². The number of rotatable bonds is 2. The molecule has 0 spiro atoms. The van der Waals surface area contributed by atoms with Crippen LogP contribution >= 0.6 is 35.6 Å². The van der Waals surface area contributed by atoms with E-state index in [-0.39, 0.29) is 5.91 Å². The predicted molar refractivity (Wildman–Crippen MR) is 70.9 cm³/mol. The van der Waals surface area contributed by atoms with Gasteiger partial charge in [-0.25, -0.2) is 0 Å². The number of hydrazone groups is 1. The molecule has 1 aliphatic rings. The SMILES string of the molecule is O=C1CSC(=S)N1N=Cc1ccc(Cl)cc1. The van der Waals surface area contributed by atoms with Crippen molar-refractivity contribution in [3.05, 3.63) is 34.9 Å². The minimum atomic E-state index is -0.0831. The summed E-state index contributed by atoms with van der Waals surface area (Å²) in [6, 6.07) is 7.18. The molecule has 2 rings (SSSR count). The molecule has 1 aliphatic heterocycles. The summed E-state index contributed by atoms with van der Waals surface area (Å²) < 4.78 is 0.496. The molecule has 16 heavy (non-hydrogen) atoms. The van der Waals surface area contributed by atoms with E-state index >= 15 is 0 Å². The van der Waals surface area contributed by atoms with Crippen LogP contribution < -0.4 is 0 Å². The Balaban J connectivity index is 2.12. The van der Waals surface area contributed by atoms with Crippen LogP contribution in [0.2, 0.25) is 5.02 Å². The molecule has 0 unspecified atom stereocenters. The lowest BCUT2D eigenvalue weighted by Crippen LogP contribution is -2.22. The summed E-state index contributed by atoms with van der Waals surface area (Å²) in [5, 5.41) is 5.95. The maximum Gasteiger partial charge on any atom is 0.259 e. The van der Waals surface area contributed by atoms with Gasteiger partial charge in [-0.15, -0.1) is 0 Å². The second-order valence-corrected chi connectivity index (χ2v) is 5.10. The third kappa shape index (κ3) is 2.61. The van der Waals surface area contributed by atoms with Crippen molar-refractivity contribution in [1.82, 2.24) is 5.01 Å². The smallest absolute Gasteiger partial charge is 0.259 e. The first kappa shape index (κ1) is 11.6. The molecule has 82 valence electrons. The highest BCUT2D eigenvalue weighted by Crippen LogP contribution is 2.19. The molecule has 0 atom stereocenters. The highest BCUT2D eigenvalue weighted by molar-refractivity contribution is 8.23. The van der Waals surface area contributed by atoms with E-state index in [0.717, 1.165) is 5.56 Å². The zero-order valence-electron chi connectivity index (χ0n) is 8.09. The maximum atomic E-state index is 11.3. The summed E-state index contributed by atoms with van der Waals surface area (Å²) in [5.41, 5.74) is 0.872. The number of thioether (sulfide) groups is 1. The van der Waals surface area contributed by atoms with Gasteiger partial charge in [-0.3, -0.25) is 4.79 Å². The van der Waals surface area contributed by atoms with E-state index in [9.17, 15) is 4.79 Å². The summed E-state index contributed by atoms with van der Waals surface area (Å²) in [6.07, 6.45) is 1.59. The lowest BCUT2D eigenvalue weighted by Gasteiger charge is -2.06. The van der Waals surface area contributed by atoms with Gasteiger partial charge in [0.05, 0.1) is 12.0 Å². The Kier molecular flexibility index (Phi) is 3.58. The van der Waals surface area contributed by atoms with E-state index in [1.165, 1.54) is 16.8 Å². The molecular weight excluding hydrogens is 264 g/mol. The lowest BCUT2D eigenvalue weighted by molar-refractivity contribution is -0.123. The molecule has 0 aliphatic carbocycles. The third-order valence-electron chi connectivity index (χ3n) is 1.92. The van der Waals surface area contributed by atoms with Crippen molar-refractivity contribution in [2.24, 2.45) is 5.10 Å². The standard InChI is InChI=1S/C10H7ClN2OS2/c11-8-3-1-7(2-4-8)5-12-13-9(14)6-16-10(13)15/h1-5H,6H2. The molecular formula is C10H7ClN2OS2. The fraction of sp³-hybridized carbons (Fsp3) is 0.100. The highest BCUT2D eigenvalue weighted by atomic mass is 35.5. The van der Waals surface area contributed by atoms with Crippen LogP contribution in [0.25, 0.3) is 0 Å². The number of carbonyl (C=O) groups excluding carboxylic acids is 1. The fourth-order valence-corrected chi connectivity index (χ4v) is 2.22. The molecule has 0 aromatic heterocycles. The Morgan fingerprint density at radius 3 is 2.69 bits per heavy atom. The second-order valence-electron chi connectivity index (χ2n) is 3.06.